The number of esters is 1. The van der Waals surface area contributed by atoms with Gasteiger partial charge in [-0.15, -0.1) is 0 Å². The molecular weight excluding hydrogens is 360 g/mol. The zero-order chi connectivity index (χ0) is 19.7. The van der Waals surface area contributed by atoms with Crippen molar-refractivity contribution in [1.29, 1.82) is 0 Å². The molecule has 2 heterocycles. The molecule has 0 radical (unpaired) electrons. The molecule has 2 aromatic carbocycles. The van der Waals surface area contributed by atoms with Crippen molar-refractivity contribution in [2.75, 3.05) is 11.9 Å². The highest BCUT2D eigenvalue weighted by molar-refractivity contribution is 6.05. The van der Waals surface area contributed by atoms with Crippen molar-refractivity contribution in [1.82, 2.24) is 5.16 Å². The molecule has 0 unspecified atom stereocenters. The molecule has 0 aliphatic carbocycles. The largest absolute Gasteiger partial charge is 0.488 e. The first-order valence-corrected chi connectivity index (χ1v) is 8.87. The fraction of sp³-hybridized carbons (Fsp3) is 0.190. The minimum absolute atomic E-state index is 0.156. The molecule has 1 aromatic heterocycles. The van der Waals surface area contributed by atoms with Crippen LogP contribution in [0.3, 0.4) is 0 Å². The van der Waals surface area contributed by atoms with Crippen LogP contribution in [0.4, 0.5) is 5.69 Å². The lowest BCUT2D eigenvalue weighted by atomic mass is 10.0. The summed E-state index contributed by atoms with van der Waals surface area (Å²) in [5.41, 5.74) is 3.39. The summed E-state index contributed by atoms with van der Waals surface area (Å²) < 4.78 is 16.2. The Morgan fingerprint density at radius 1 is 1.21 bits per heavy atom. The van der Waals surface area contributed by atoms with Gasteiger partial charge in [-0.05, 0) is 44.2 Å². The molecule has 0 atom stereocenters. The van der Waals surface area contributed by atoms with Crippen molar-refractivity contribution in [2.45, 2.75) is 20.5 Å². The van der Waals surface area contributed by atoms with Crippen LogP contribution in [0, 0.1) is 6.92 Å². The first-order valence-electron chi connectivity index (χ1n) is 8.87. The fourth-order valence-corrected chi connectivity index (χ4v) is 3.06. The van der Waals surface area contributed by atoms with E-state index in [2.05, 4.69) is 10.5 Å². The number of hydrogen-bond donors (Lipinski definition) is 1. The maximum Gasteiger partial charge on any atom is 0.338 e. The maximum atomic E-state index is 12.7. The quantitative estimate of drug-likeness (QED) is 0.691. The lowest BCUT2D eigenvalue weighted by molar-refractivity contribution is 0.0526. The van der Waals surface area contributed by atoms with E-state index in [1.807, 2.05) is 25.1 Å². The number of aryl methyl sites for hydroxylation is 1. The number of aromatic nitrogens is 1. The summed E-state index contributed by atoms with van der Waals surface area (Å²) in [5.74, 6) is 0.349. The molecule has 7 nitrogen and oxygen atoms in total. The Bertz CT molecular complexity index is 1070. The second-order valence-electron chi connectivity index (χ2n) is 6.38. The highest BCUT2D eigenvalue weighted by Crippen LogP contribution is 2.39. The SMILES string of the molecule is CCOC(=O)c1cccc(NC(=O)c2noc3c2COc2ccc(C)cc2-3)c1. The molecule has 1 amide bonds. The van der Waals surface area contributed by atoms with Crippen molar-refractivity contribution < 1.29 is 23.6 Å². The molecule has 0 spiro atoms. The van der Waals surface area contributed by atoms with E-state index >= 15 is 0 Å². The standard InChI is InChI=1S/C21H18N2O5/c1-3-26-21(25)13-5-4-6-14(10-13)22-20(24)18-16-11-27-17-8-7-12(2)9-15(17)19(16)28-23-18/h4-10H,3,11H2,1-2H3,(H,22,24). The molecule has 1 N–H and O–H groups in total. The molecule has 0 bridgehead atoms. The monoisotopic (exact) mass is 378 g/mol. The van der Waals surface area contributed by atoms with Crippen LogP contribution >= 0.6 is 0 Å². The van der Waals surface area contributed by atoms with Crippen LogP contribution in [0.2, 0.25) is 0 Å². The molecule has 3 aromatic rings. The van der Waals surface area contributed by atoms with Gasteiger partial charge in [0.05, 0.1) is 23.3 Å². The molecule has 0 saturated carbocycles. The number of nitrogens with zero attached hydrogens (tertiary/aromatic N) is 1. The first kappa shape index (κ1) is 17.8. The van der Waals surface area contributed by atoms with Gasteiger partial charge in [-0.1, -0.05) is 22.9 Å². The number of nitrogens with one attached hydrogen (secondary N) is 1. The minimum Gasteiger partial charge on any atom is -0.488 e. The van der Waals surface area contributed by atoms with E-state index in [0.717, 1.165) is 11.1 Å². The highest BCUT2D eigenvalue weighted by atomic mass is 16.5. The van der Waals surface area contributed by atoms with E-state index in [1.54, 1.807) is 31.2 Å². The minimum atomic E-state index is -0.446. The second kappa shape index (κ2) is 7.19. The van der Waals surface area contributed by atoms with Gasteiger partial charge in [-0.3, -0.25) is 4.79 Å². The van der Waals surface area contributed by atoms with Gasteiger partial charge in [0.25, 0.3) is 5.91 Å². The average molecular weight is 378 g/mol. The Morgan fingerprint density at radius 2 is 2.07 bits per heavy atom. The number of anilines is 1. The van der Waals surface area contributed by atoms with Gasteiger partial charge < -0.3 is 19.3 Å². The maximum absolute atomic E-state index is 12.7. The van der Waals surface area contributed by atoms with Crippen LogP contribution in [-0.2, 0) is 11.3 Å². The summed E-state index contributed by atoms with van der Waals surface area (Å²) in [6.45, 7) is 4.18. The Kier molecular flexibility index (Phi) is 4.57. The lowest BCUT2D eigenvalue weighted by Crippen LogP contribution is -2.17. The molecule has 28 heavy (non-hydrogen) atoms. The Labute approximate surface area is 161 Å². The number of benzene rings is 2. The third-order valence-corrected chi connectivity index (χ3v) is 4.39. The molecule has 0 saturated heterocycles. The van der Waals surface area contributed by atoms with Gasteiger partial charge >= 0.3 is 5.97 Å². The van der Waals surface area contributed by atoms with E-state index in [1.165, 1.54) is 0 Å². The molecular formula is C21H18N2O5. The van der Waals surface area contributed by atoms with Gasteiger partial charge in [-0.25, -0.2) is 4.79 Å². The van der Waals surface area contributed by atoms with Crippen LogP contribution in [-0.4, -0.2) is 23.6 Å². The van der Waals surface area contributed by atoms with Crippen molar-refractivity contribution >= 4 is 17.6 Å². The summed E-state index contributed by atoms with van der Waals surface area (Å²) in [6.07, 6.45) is 0. The average Bonchev–Trinajstić information content (AvgIpc) is 3.13. The summed E-state index contributed by atoms with van der Waals surface area (Å²) in [7, 11) is 0. The van der Waals surface area contributed by atoms with Gasteiger partial charge in [0.1, 0.15) is 12.4 Å². The van der Waals surface area contributed by atoms with Crippen molar-refractivity contribution in [2.24, 2.45) is 0 Å². The zero-order valence-corrected chi connectivity index (χ0v) is 15.4. The summed E-state index contributed by atoms with van der Waals surface area (Å²) in [4.78, 5) is 24.6. The Morgan fingerprint density at radius 3 is 2.89 bits per heavy atom. The third-order valence-electron chi connectivity index (χ3n) is 4.39. The molecule has 0 fully saturated rings. The number of amides is 1. The molecule has 7 heteroatoms. The van der Waals surface area contributed by atoms with E-state index < -0.39 is 11.9 Å². The second-order valence-corrected chi connectivity index (χ2v) is 6.38. The number of fused-ring (bicyclic) bond motifs is 3. The van der Waals surface area contributed by atoms with Crippen molar-refractivity contribution in [3.8, 4) is 17.1 Å². The van der Waals surface area contributed by atoms with Crippen LogP contribution < -0.4 is 10.1 Å². The van der Waals surface area contributed by atoms with Gasteiger partial charge in [0.2, 0.25) is 0 Å². The van der Waals surface area contributed by atoms with Crippen LogP contribution in [0.1, 0.15) is 38.9 Å². The first-order chi connectivity index (χ1) is 13.6. The number of ether oxygens (including phenoxy) is 2. The predicted octanol–water partition coefficient (Wildman–Crippen LogP) is 3.97. The molecule has 1 aliphatic rings. The van der Waals surface area contributed by atoms with Gasteiger partial charge in [-0.2, -0.15) is 0 Å². The highest BCUT2D eigenvalue weighted by Gasteiger charge is 2.29. The van der Waals surface area contributed by atoms with Crippen LogP contribution in [0.15, 0.2) is 47.0 Å². The van der Waals surface area contributed by atoms with Gasteiger partial charge in [0.15, 0.2) is 11.5 Å². The number of carbonyl (C=O) groups excluding carboxylic acids is 2. The van der Waals surface area contributed by atoms with Crippen molar-refractivity contribution in [3.05, 3.63) is 64.8 Å². The van der Waals surface area contributed by atoms with E-state index in [0.29, 0.717) is 28.3 Å². The van der Waals surface area contributed by atoms with E-state index in [4.69, 9.17) is 14.0 Å². The Hall–Kier alpha value is -3.61. The van der Waals surface area contributed by atoms with Crippen LogP contribution in [0.25, 0.3) is 11.3 Å². The smallest absolute Gasteiger partial charge is 0.338 e. The molecule has 4 rings (SSSR count). The Balaban J connectivity index is 1.60. The predicted molar refractivity (Wildman–Crippen MR) is 101 cm³/mol. The summed E-state index contributed by atoms with van der Waals surface area (Å²) >= 11 is 0. The third kappa shape index (κ3) is 3.22. The topological polar surface area (TPSA) is 90.7 Å². The van der Waals surface area contributed by atoms with Crippen LogP contribution in [0.5, 0.6) is 5.75 Å². The van der Waals surface area contributed by atoms with Gasteiger partial charge in [0, 0.05) is 5.69 Å². The number of hydrogen-bond acceptors (Lipinski definition) is 6. The summed E-state index contributed by atoms with van der Waals surface area (Å²) in [6, 6.07) is 12.3. The number of carbonyl (C=O) groups is 2. The number of rotatable bonds is 4. The summed E-state index contributed by atoms with van der Waals surface area (Å²) in [5, 5.41) is 6.69. The molecule has 142 valence electrons. The molecule has 1 aliphatic heterocycles. The normalized spacial score (nSPS) is 11.8. The van der Waals surface area contributed by atoms with Crippen molar-refractivity contribution in [3.63, 3.8) is 0 Å². The zero-order valence-electron chi connectivity index (χ0n) is 15.4. The van der Waals surface area contributed by atoms with E-state index in [-0.39, 0.29) is 18.9 Å². The van der Waals surface area contributed by atoms with E-state index in [9.17, 15) is 9.59 Å². The lowest BCUT2D eigenvalue weighted by Gasteiger charge is -2.16. The fourth-order valence-electron chi connectivity index (χ4n) is 3.06.